The fraction of sp³-hybridized carbons (Fsp3) is 0.188. The zero-order valence-electron chi connectivity index (χ0n) is 11.6. The first-order valence-electron chi connectivity index (χ1n) is 6.37. The maximum atomic E-state index is 5.55. The molecule has 104 valence electrons. The van der Waals surface area contributed by atoms with Gasteiger partial charge >= 0.3 is 5.65 Å². The lowest BCUT2D eigenvalue weighted by Crippen LogP contribution is -3.00. The van der Waals surface area contributed by atoms with Gasteiger partial charge in [-0.1, -0.05) is 30.3 Å². The molecule has 3 nitrogen and oxygen atoms in total. The van der Waals surface area contributed by atoms with Crippen LogP contribution in [0, 0.1) is 6.92 Å². The lowest BCUT2D eigenvalue weighted by Gasteiger charge is -2.05. The number of fused-ring (bicyclic) bond motifs is 1. The summed E-state index contributed by atoms with van der Waals surface area (Å²) in [5, 5.41) is 0. The monoisotopic (exact) mass is 380 g/mol. The summed E-state index contributed by atoms with van der Waals surface area (Å²) in [7, 11) is 1.72. The molecule has 20 heavy (non-hydrogen) atoms. The van der Waals surface area contributed by atoms with E-state index in [-0.39, 0.29) is 24.0 Å². The highest BCUT2D eigenvalue weighted by Crippen LogP contribution is 2.21. The number of halogens is 1. The molecule has 0 saturated carbocycles. The highest BCUT2D eigenvalue weighted by molar-refractivity contribution is 5.53. The van der Waals surface area contributed by atoms with E-state index < -0.39 is 0 Å². The van der Waals surface area contributed by atoms with Gasteiger partial charge in [0.2, 0.25) is 5.75 Å². The standard InChI is InChI=1S/C16H17N2O.HI/c1-13-8-9-17-10-11-18(16(17)15(13)19-2)12-14-6-4-3-5-7-14;/h3-11H,12H2,1-2H3;1H/q+1;/p-1. The fourth-order valence-electron chi connectivity index (χ4n) is 2.41. The quantitative estimate of drug-likeness (QED) is 0.447. The number of hydrogen-bond donors (Lipinski definition) is 0. The van der Waals surface area contributed by atoms with Gasteiger partial charge < -0.3 is 28.7 Å². The van der Waals surface area contributed by atoms with Gasteiger partial charge in [0.15, 0.2) is 0 Å². The largest absolute Gasteiger partial charge is 1.00 e. The van der Waals surface area contributed by atoms with Gasteiger partial charge in [0.25, 0.3) is 0 Å². The van der Waals surface area contributed by atoms with Crippen LogP contribution in [0.3, 0.4) is 0 Å². The van der Waals surface area contributed by atoms with Crippen molar-refractivity contribution in [2.45, 2.75) is 13.5 Å². The second-order valence-corrected chi connectivity index (χ2v) is 4.67. The maximum Gasteiger partial charge on any atom is 0.329 e. The summed E-state index contributed by atoms with van der Waals surface area (Å²) in [5.74, 6) is 0.934. The number of methoxy groups -OCH3 is 1. The Kier molecular flexibility index (Phi) is 4.65. The molecule has 0 atom stereocenters. The average Bonchev–Trinajstić information content (AvgIpc) is 2.83. The van der Waals surface area contributed by atoms with E-state index in [1.165, 1.54) is 5.56 Å². The Morgan fingerprint density at radius 2 is 1.85 bits per heavy atom. The maximum absolute atomic E-state index is 5.55. The summed E-state index contributed by atoms with van der Waals surface area (Å²) in [4.78, 5) is 0. The van der Waals surface area contributed by atoms with Gasteiger partial charge in [0, 0.05) is 5.56 Å². The Morgan fingerprint density at radius 3 is 2.55 bits per heavy atom. The van der Waals surface area contributed by atoms with Crippen molar-refractivity contribution in [2.75, 3.05) is 7.11 Å². The molecular weight excluding hydrogens is 363 g/mol. The molecule has 0 saturated heterocycles. The molecule has 0 radical (unpaired) electrons. The zero-order valence-corrected chi connectivity index (χ0v) is 13.7. The van der Waals surface area contributed by atoms with Crippen molar-refractivity contribution in [3.8, 4) is 5.75 Å². The minimum Gasteiger partial charge on any atom is -1.00 e. The van der Waals surface area contributed by atoms with E-state index in [1.54, 1.807) is 7.11 Å². The number of nitrogens with zero attached hydrogens (tertiary/aromatic N) is 2. The molecule has 0 bridgehead atoms. The SMILES string of the molecule is COc1c(C)ccn2cc[n+](Cc3ccccc3)c12.[I-]. The second-order valence-electron chi connectivity index (χ2n) is 4.67. The molecule has 2 aromatic heterocycles. The summed E-state index contributed by atoms with van der Waals surface area (Å²) in [6, 6.07) is 12.5. The van der Waals surface area contributed by atoms with Gasteiger partial charge in [0.1, 0.15) is 18.9 Å². The summed E-state index contributed by atoms with van der Waals surface area (Å²) in [6.45, 7) is 2.91. The Hall–Kier alpha value is -1.56. The summed E-state index contributed by atoms with van der Waals surface area (Å²) in [6.07, 6.45) is 6.21. The van der Waals surface area contributed by atoms with E-state index in [2.05, 4.69) is 64.8 Å². The van der Waals surface area contributed by atoms with E-state index >= 15 is 0 Å². The van der Waals surface area contributed by atoms with Gasteiger partial charge in [-0.3, -0.25) is 0 Å². The minimum atomic E-state index is 0. The van der Waals surface area contributed by atoms with Crippen molar-refractivity contribution in [3.05, 3.63) is 66.1 Å². The van der Waals surface area contributed by atoms with Gasteiger partial charge in [-0.2, -0.15) is 4.40 Å². The van der Waals surface area contributed by atoms with Crippen LogP contribution in [0.2, 0.25) is 0 Å². The zero-order chi connectivity index (χ0) is 13.2. The number of rotatable bonds is 3. The van der Waals surface area contributed by atoms with Crippen LogP contribution >= 0.6 is 0 Å². The van der Waals surface area contributed by atoms with Crippen molar-refractivity contribution in [1.82, 2.24) is 4.40 Å². The first kappa shape index (κ1) is 14.8. The van der Waals surface area contributed by atoms with Crippen LogP contribution in [0.5, 0.6) is 5.75 Å². The number of pyridine rings is 1. The molecule has 3 rings (SSSR count). The third-order valence-corrected chi connectivity index (χ3v) is 3.37. The summed E-state index contributed by atoms with van der Waals surface area (Å²) < 4.78 is 9.85. The van der Waals surface area contributed by atoms with Crippen LogP contribution in [-0.2, 0) is 6.54 Å². The number of hydrogen-bond acceptors (Lipinski definition) is 1. The van der Waals surface area contributed by atoms with E-state index in [1.807, 2.05) is 6.07 Å². The van der Waals surface area contributed by atoms with Gasteiger partial charge in [-0.15, -0.1) is 0 Å². The summed E-state index contributed by atoms with van der Waals surface area (Å²) >= 11 is 0. The normalized spacial score (nSPS) is 10.3. The van der Waals surface area contributed by atoms with Crippen LogP contribution in [-0.4, -0.2) is 11.5 Å². The minimum absolute atomic E-state index is 0. The van der Waals surface area contributed by atoms with Crippen molar-refractivity contribution in [2.24, 2.45) is 0 Å². The van der Waals surface area contributed by atoms with Crippen molar-refractivity contribution in [3.63, 3.8) is 0 Å². The van der Waals surface area contributed by atoms with E-state index in [9.17, 15) is 0 Å². The number of aryl methyl sites for hydroxylation is 1. The molecule has 0 amide bonds. The molecule has 1 aromatic carbocycles. The van der Waals surface area contributed by atoms with E-state index in [4.69, 9.17) is 4.74 Å². The fourth-order valence-corrected chi connectivity index (χ4v) is 2.41. The lowest BCUT2D eigenvalue weighted by atomic mass is 10.2. The topological polar surface area (TPSA) is 17.5 Å². The van der Waals surface area contributed by atoms with Gasteiger partial charge in [-0.25, -0.2) is 4.57 Å². The average molecular weight is 380 g/mol. The van der Waals surface area contributed by atoms with Gasteiger partial charge in [-0.05, 0) is 18.6 Å². The smallest absolute Gasteiger partial charge is 0.329 e. The lowest BCUT2D eigenvalue weighted by molar-refractivity contribution is -0.662. The van der Waals surface area contributed by atoms with Crippen LogP contribution in [0.25, 0.3) is 5.65 Å². The molecule has 0 aliphatic carbocycles. The predicted octanol–water partition coefficient (Wildman–Crippen LogP) is -0.404. The first-order valence-corrected chi connectivity index (χ1v) is 6.37. The predicted molar refractivity (Wildman–Crippen MR) is 74.4 cm³/mol. The number of imidazole rings is 1. The van der Waals surface area contributed by atoms with Crippen molar-refractivity contribution >= 4 is 5.65 Å². The third-order valence-electron chi connectivity index (χ3n) is 3.37. The number of aromatic nitrogens is 2. The third kappa shape index (κ3) is 2.65. The molecule has 0 aliphatic rings. The van der Waals surface area contributed by atoms with Crippen LogP contribution < -0.4 is 33.3 Å². The Labute approximate surface area is 135 Å². The van der Waals surface area contributed by atoms with Crippen molar-refractivity contribution < 1.29 is 33.3 Å². The number of ether oxygens (including phenoxy) is 1. The molecular formula is C16H17IN2O. The molecule has 0 spiro atoms. The molecule has 0 aliphatic heterocycles. The first-order chi connectivity index (χ1) is 9.29. The highest BCUT2D eigenvalue weighted by Gasteiger charge is 2.17. The summed E-state index contributed by atoms with van der Waals surface area (Å²) in [5.41, 5.74) is 3.52. The number of benzene rings is 1. The van der Waals surface area contributed by atoms with Gasteiger partial charge in [0.05, 0.1) is 13.3 Å². The molecule has 3 aromatic rings. The van der Waals surface area contributed by atoms with Crippen LogP contribution in [0.1, 0.15) is 11.1 Å². The molecule has 0 fully saturated rings. The molecule has 4 heteroatoms. The Morgan fingerprint density at radius 1 is 1.10 bits per heavy atom. The molecule has 0 N–H and O–H groups in total. The van der Waals surface area contributed by atoms with E-state index in [0.717, 1.165) is 23.5 Å². The highest BCUT2D eigenvalue weighted by atomic mass is 127. The molecule has 2 heterocycles. The molecule has 0 unspecified atom stereocenters. The van der Waals surface area contributed by atoms with Crippen molar-refractivity contribution in [1.29, 1.82) is 0 Å². The Balaban J connectivity index is 0.00000147. The van der Waals surface area contributed by atoms with Crippen LogP contribution in [0.4, 0.5) is 0 Å². The second kappa shape index (κ2) is 6.26. The Bertz CT molecular complexity index is 707. The van der Waals surface area contributed by atoms with Crippen LogP contribution in [0.15, 0.2) is 55.0 Å². The van der Waals surface area contributed by atoms with E-state index in [0.29, 0.717) is 0 Å².